The van der Waals surface area contributed by atoms with E-state index in [1.165, 1.54) is 0 Å². The molecule has 0 radical (unpaired) electrons. The summed E-state index contributed by atoms with van der Waals surface area (Å²) in [5, 5.41) is 0. The number of amides is 1. The first-order chi connectivity index (χ1) is 7.97. The fourth-order valence-electron chi connectivity index (χ4n) is 2.68. The zero-order valence-electron chi connectivity index (χ0n) is 10.6. The molecule has 2 aliphatic rings. The van der Waals surface area contributed by atoms with Gasteiger partial charge in [0.05, 0.1) is 10.4 Å². The van der Waals surface area contributed by atoms with E-state index in [4.69, 9.17) is 18.0 Å². The minimum atomic E-state index is -0.482. The summed E-state index contributed by atoms with van der Waals surface area (Å²) >= 11 is 5.05. The lowest BCUT2D eigenvalue weighted by Crippen LogP contribution is -2.47. The van der Waals surface area contributed by atoms with Crippen molar-refractivity contribution in [3.63, 3.8) is 0 Å². The summed E-state index contributed by atoms with van der Waals surface area (Å²) in [5.74, 6) is 0.175. The van der Waals surface area contributed by atoms with E-state index in [1.54, 1.807) is 0 Å². The van der Waals surface area contributed by atoms with Crippen LogP contribution in [0.1, 0.15) is 25.7 Å². The van der Waals surface area contributed by atoms with Gasteiger partial charge in [-0.3, -0.25) is 4.79 Å². The molecule has 0 bridgehead atoms. The first kappa shape index (κ1) is 12.8. The van der Waals surface area contributed by atoms with E-state index in [9.17, 15) is 4.79 Å². The van der Waals surface area contributed by atoms with Gasteiger partial charge in [0, 0.05) is 19.1 Å². The molecule has 1 aliphatic carbocycles. The van der Waals surface area contributed by atoms with E-state index in [0.29, 0.717) is 11.0 Å². The molecule has 1 saturated carbocycles. The van der Waals surface area contributed by atoms with Crippen molar-refractivity contribution in [2.24, 2.45) is 11.1 Å². The van der Waals surface area contributed by atoms with E-state index in [0.717, 1.165) is 38.8 Å². The smallest absolute Gasteiger partial charge is 0.235 e. The molecule has 1 amide bonds. The van der Waals surface area contributed by atoms with Gasteiger partial charge in [-0.25, -0.2) is 0 Å². The number of likely N-dealkylation sites (tertiary alicyclic amines) is 1. The topological polar surface area (TPSA) is 49.6 Å². The summed E-state index contributed by atoms with van der Waals surface area (Å²) in [6.45, 7) is 1.79. The number of carbonyl (C=O) groups excluding carboxylic acids is 1. The van der Waals surface area contributed by atoms with E-state index < -0.39 is 5.41 Å². The third-order valence-corrected chi connectivity index (χ3v) is 4.24. The van der Waals surface area contributed by atoms with Gasteiger partial charge < -0.3 is 15.5 Å². The Morgan fingerprint density at radius 2 is 2.18 bits per heavy atom. The highest BCUT2D eigenvalue weighted by Gasteiger charge is 2.55. The number of thiocarbonyl (C=S) groups is 1. The van der Waals surface area contributed by atoms with Crippen molar-refractivity contribution in [2.45, 2.75) is 31.7 Å². The molecule has 17 heavy (non-hydrogen) atoms. The maximum absolute atomic E-state index is 12.5. The van der Waals surface area contributed by atoms with Gasteiger partial charge in [0.15, 0.2) is 0 Å². The van der Waals surface area contributed by atoms with Crippen molar-refractivity contribution in [2.75, 3.05) is 27.2 Å². The van der Waals surface area contributed by atoms with Crippen LogP contribution in [0.4, 0.5) is 0 Å². The molecule has 0 aromatic heterocycles. The van der Waals surface area contributed by atoms with Crippen molar-refractivity contribution in [1.82, 2.24) is 9.80 Å². The normalized spacial score (nSPS) is 26.3. The molecule has 2 rings (SSSR count). The Morgan fingerprint density at radius 3 is 2.65 bits per heavy atom. The Labute approximate surface area is 108 Å². The SMILES string of the molecule is CN(C)CC1CCCN1C(=O)C1(C(N)=S)CC1. The molecule has 5 heteroatoms. The number of carbonyl (C=O) groups is 1. The Kier molecular flexibility index (Phi) is 3.41. The largest absolute Gasteiger partial charge is 0.392 e. The third kappa shape index (κ3) is 2.31. The van der Waals surface area contributed by atoms with Crippen LogP contribution in [0.3, 0.4) is 0 Å². The lowest BCUT2D eigenvalue weighted by atomic mass is 10.0. The molecule has 4 nitrogen and oxygen atoms in total. The van der Waals surface area contributed by atoms with Crippen molar-refractivity contribution in [3.8, 4) is 0 Å². The van der Waals surface area contributed by atoms with Crippen LogP contribution in [-0.2, 0) is 4.79 Å². The molecule has 0 aromatic rings. The minimum Gasteiger partial charge on any atom is -0.392 e. The fraction of sp³-hybridized carbons (Fsp3) is 0.833. The molecule has 1 aliphatic heterocycles. The van der Waals surface area contributed by atoms with Crippen LogP contribution < -0.4 is 5.73 Å². The Hall–Kier alpha value is -0.680. The second-order valence-electron chi connectivity index (χ2n) is 5.50. The summed E-state index contributed by atoms with van der Waals surface area (Å²) in [6, 6.07) is 0.337. The van der Waals surface area contributed by atoms with Gasteiger partial charge in [0.25, 0.3) is 0 Å². The zero-order chi connectivity index (χ0) is 12.6. The number of rotatable bonds is 4. The molecule has 2 fully saturated rings. The average Bonchev–Trinajstić information content (AvgIpc) is 2.94. The summed E-state index contributed by atoms with van der Waals surface area (Å²) < 4.78 is 0. The summed E-state index contributed by atoms with van der Waals surface area (Å²) in [4.78, 5) is 17.0. The van der Waals surface area contributed by atoms with E-state index >= 15 is 0 Å². The quantitative estimate of drug-likeness (QED) is 0.748. The molecular weight excluding hydrogens is 234 g/mol. The Balaban J connectivity index is 2.06. The predicted octanol–water partition coefficient (Wildman–Crippen LogP) is 0.605. The van der Waals surface area contributed by atoms with E-state index in [2.05, 4.69) is 4.90 Å². The minimum absolute atomic E-state index is 0.175. The van der Waals surface area contributed by atoms with Crippen molar-refractivity contribution in [3.05, 3.63) is 0 Å². The van der Waals surface area contributed by atoms with Gasteiger partial charge >= 0.3 is 0 Å². The molecule has 1 unspecified atom stereocenters. The lowest BCUT2D eigenvalue weighted by Gasteiger charge is -2.30. The van der Waals surface area contributed by atoms with Gasteiger partial charge in [-0.2, -0.15) is 0 Å². The summed E-state index contributed by atoms with van der Waals surface area (Å²) in [5.41, 5.74) is 5.24. The maximum Gasteiger partial charge on any atom is 0.235 e. The maximum atomic E-state index is 12.5. The average molecular weight is 255 g/mol. The second-order valence-corrected chi connectivity index (χ2v) is 5.94. The highest BCUT2D eigenvalue weighted by molar-refractivity contribution is 7.80. The molecule has 0 aromatic carbocycles. The number of hydrogen-bond donors (Lipinski definition) is 1. The first-order valence-electron chi connectivity index (χ1n) is 6.23. The molecule has 1 heterocycles. The molecule has 1 atom stereocenters. The first-order valence-corrected chi connectivity index (χ1v) is 6.64. The van der Waals surface area contributed by atoms with Gasteiger partial charge in [0.2, 0.25) is 5.91 Å². The van der Waals surface area contributed by atoms with Crippen molar-refractivity contribution < 1.29 is 4.79 Å². The van der Waals surface area contributed by atoms with Crippen LogP contribution in [0.5, 0.6) is 0 Å². The van der Waals surface area contributed by atoms with Crippen molar-refractivity contribution in [1.29, 1.82) is 0 Å². The van der Waals surface area contributed by atoms with E-state index in [1.807, 2.05) is 19.0 Å². The van der Waals surface area contributed by atoms with Gasteiger partial charge in [-0.15, -0.1) is 0 Å². The van der Waals surface area contributed by atoms with Gasteiger partial charge in [0.1, 0.15) is 0 Å². The van der Waals surface area contributed by atoms with Crippen LogP contribution in [0.2, 0.25) is 0 Å². The zero-order valence-corrected chi connectivity index (χ0v) is 11.4. The van der Waals surface area contributed by atoms with E-state index in [-0.39, 0.29) is 5.91 Å². The highest BCUT2D eigenvalue weighted by Crippen LogP contribution is 2.48. The Bertz CT molecular complexity index is 339. The molecule has 2 N–H and O–H groups in total. The van der Waals surface area contributed by atoms with Crippen LogP contribution in [-0.4, -0.2) is 53.9 Å². The number of hydrogen-bond acceptors (Lipinski definition) is 3. The fourth-order valence-corrected chi connectivity index (χ4v) is 2.97. The lowest BCUT2D eigenvalue weighted by molar-refractivity contribution is -0.135. The van der Waals surface area contributed by atoms with Gasteiger partial charge in [-0.1, -0.05) is 12.2 Å². The molecular formula is C12H21N3OS. The number of nitrogens with zero attached hydrogens (tertiary/aromatic N) is 2. The third-order valence-electron chi connectivity index (χ3n) is 3.84. The summed E-state index contributed by atoms with van der Waals surface area (Å²) in [6.07, 6.45) is 3.87. The standard InChI is InChI=1S/C12H21N3OS/c1-14(2)8-9-4-3-7-15(9)11(16)12(5-6-12)10(13)17/h9H,3-8H2,1-2H3,(H2,13,17). The van der Waals surface area contributed by atoms with Crippen LogP contribution >= 0.6 is 12.2 Å². The highest BCUT2D eigenvalue weighted by atomic mass is 32.1. The van der Waals surface area contributed by atoms with Crippen LogP contribution in [0.15, 0.2) is 0 Å². The van der Waals surface area contributed by atoms with Crippen LogP contribution in [0, 0.1) is 5.41 Å². The predicted molar refractivity (Wildman–Crippen MR) is 71.7 cm³/mol. The molecule has 96 valence electrons. The number of nitrogens with two attached hydrogens (primary N) is 1. The summed E-state index contributed by atoms with van der Waals surface area (Å²) in [7, 11) is 4.09. The second kappa shape index (κ2) is 4.53. The monoisotopic (exact) mass is 255 g/mol. The van der Waals surface area contributed by atoms with Crippen LogP contribution in [0.25, 0.3) is 0 Å². The molecule has 0 spiro atoms. The molecule has 1 saturated heterocycles. The van der Waals surface area contributed by atoms with Gasteiger partial charge in [-0.05, 0) is 39.8 Å². The van der Waals surface area contributed by atoms with Crippen molar-refractivity contribution >= 4 is 23.1 Å². The Morgan fingerprint density at radius 1 is 1.53 bits per heavy atom. The number of likely N-dealkylation sites (N-methyl/N-ethyl adjacent to an activating group) is 1.